The summed E-state index contributed by atoms with van der Waals surface area (Å²) < 4.78 is 1.56. The molecule has 2 heterocycles. The lowest BCUT2D eigenvalue weighted by molar-refractivity contribution is 0.809. The van der Waals surface area contributed by atoms with Crippen LogP contribution >= 0.6 is 11.8 Å². The quantitative estimate of drug-likeness (QED) is 0.589. The van der Waals surface area contributed by atoms with E-state index >= 15 is 0 Å². The van der Waals surface area contributed by atoms with E-state index in [4.69, 9.17) is 11.0 Å². The Hall–Kier alpha value is -2.85. The van der Waals surface area contributed by atoms with E-state index < -0.39 is 0 Å². The van der Waals surface area contributed by atoms with Crippen LogP contribution in [0.15, 0.2) is 53.7 Å². The van der Waals surface area contributed by atoms with Crippen LogP contribution in [0.3, 0.4) is 0 Å². The van der Waals surface area contributed by atoms with Crippen molar-refractivity contribution < 1.29 is 0 Å². The molecule has 2 N–H and O–H groups in total. The third-order valence-electron chi connectivity index (χ3n) is 2.88. The molecule has 21 heavy (non-hydrogen) atoms. The number of nitrogens with two attached hydrogens (primary N) is 1. The summed E-state index contributed by atoms with van der Waals surface area (Å²) in [6, 6.07) is 11.1. The highest BCUT2D eigenvalue weighted by molar-refractivity contribution is 8.03. The zero-order valence-electron chi connectivity index (χ0n) is 10.8. The van der Waals surface area contributed by atoms with Gasteiger partial charge in [0.15, 0.2) is 5.82 Å². The van der Waals surface area contributed by atoms with E-state index in [-0.39, 0.29) is 0 Å². The molecule has 3 aromatic rings. The Bertz CT molecular complexity index is 789. The molecule has 3 rings (SSSR count). The molecule has 0 saturated heterocycles. The summed E-state index contributed by atoms with van der Waals surface area (Å²) in [5.74, 6) is 0.448. The van der Waals surface area contributed by atoms with E-state index in [0.29, 0.717) is 11.5 Å². The number of hydrogen-bond acceptors (Lipinski definition) is 6. The number of anilines is 1. The molecule has 102 valence electrons. The third kappa shape index (κ3) is 2.57. The zero-order chi connectivity index (χ0) is 14.7. The van der Waals surface area contributed by atoms with Gasteiger partial charge in [0.25, 0.3) is 0 Å². The van der Waals surface area contributed by atoms with Gasteiger partial charge in [0, 0.05) is 22.9 Å². The molecule has 1 aromatic carbocycles. The number of pyridine rings is 1. The molecule has 6 nitrogen and oxygen atoms in total. The average molecular weight is 294 g/mol. The summed E-state index contributed by atoms with van der Waals surface area (Å²) in [4.78, 5) is 4.92. The monoisotopic (exact) mass is 294 g/mol. The number of rotatable bonds is 3. The lowest BCUT2D eigenvalue weighted by Crippen LogP contribution is -2.02. The molecule has 0 aliphatic heterocycles. The molecule has 0 bridgehead atoms. The van der Waals surface area contributed by atoms with E-state index in [0.717, 1.165) is 27.9 Å². The van der Waals surface area contributed by atoms with Crippen molar-refractivity contribution in [1.29, 1.82) is 5.26 Å². The summed E-state index contributed by atoms with van der Waals surface area (Å²) in [6.07, 6.45) is 3.38. The highest BCUT2D eigenvalue weighted by Gasteiger charge is 2.12. The van der Waals surface area contributed by atoms with Crippen molar-refractivity contribution in [1.82, 2.24) is 20.0 Å². The summed E-state index contributed by atoms with van der Waals surface area (Å²) in [5, 5.41) is 18.9. The molecule has 0 fully saturated rings. The fourth-order valence-electron chi connectivity index (χ4n) is 1.90. The number of thioether (sulfide) groups is 1. The van der Waals surface area contributed by atoms with Crippen molar-refractivity contribution in [3.8, 4) is 22.3 Å². The fourth-order valence-corrected chi connectivity index (χ4v) is 2.27. The average Bonchev–Trinajstić information content (AvgIpc) is 2.91. The second-order valence-electron chi connectivity index (χ2n) is 4.16. The maximum atomic E-state index is 8.64. The normalized spacial score (nSPS) is 10.2. The molecule has 0 amide bonds. The predicted molar refractivity (Wildman–Crippen MR) is 80.5 cm³/mol. The Labute approximate surface area is 125 Å². The van der Waals surface area contributed by atoms with Crippen LogP contribution in [0.25, 0.3) is 16.9 Å². The van der Waals surface area contributed by atoms with Crippen LogP contribution in [0, 0.1) is 10.7 Å². The van der Waals surface area contributed by atoms with Gasteiger partial charge in [0.1, 0.15) is 11.1 Å². The van der Waals surface area contributed by atoms with Crippen LogP contribution in [0.5, 0.6) is 0 Å². The van der Waals surface area contributed by atoms with Crippen molar-refractivity contribution in [2.75, 3.05) is 5.73 Å². The molecule has 0 saturated carbocycles. The van der Waals surface area contributed by atoms with Gasteiger partial charge in [-0.1, -0.05) is 5.21 Å². The van der Waals surface area contributed by atoms with E-state index in [2.05, 4.69) is 15.3 Å². The van der Waals surface area contributed by atoms with Gasteiger partial charge in [-0.3, -0.25) is 4.98 Å². The number of nitrogens with zero attached hydrogens (tertiary/aromatic N) is 5. The molecule has 0 aliphatic carbocycles. The van der Waals surface area contributed by atoms with Gasteiger partial charge in [-0.25, -0.2) is 0 Å². The van der Waals surface area contributed by atoms with E-state index in [9.17, 15) is 0 Å². The summed E-state index contributed by atoms with van der Waals surface area (Å²) >= 11 is 1.11. The SMILES string of the molecule is N#CSc1ccc(-n2nnc(-c3cccnc3)c2N)cc1. The first-order valence-corrected chi connectivity index (χ1v) is 6.89. The van der Waals surface area contributed by atoms with Crippen molar-refractivity contribution in [3.05, 3.63) is 48.8 Å². The number of aromatic nitrogens is 4. The maximum Gasteiger partial charge on any atom is 0.155 e. The molecule has 0 radical (unpaired) electrons. The number of hydrogen-bond donors (Lipinski definition) is 1. The summed E-state index contributed by atoms with van der Waals surface area (Å²) in [6.45, 7) is 0. The van der Waals surface area contributed by atoms with Gasteiger partial charge in [0.05, 0.1) is 5.69 Å². The van der Waals surface area contributed by atoms with E-state index in [1.165, 1.54) is 0 Å². The molecule has 0 atom stereocenters. The van der Waals surface area contributed by atoms with Crippen LogP contribution < -0.4 is 5.73 Å². The fraction of sp³-hybridized carbons (Fsp3) is 0. The first kappa shape index (κ1) is 13.1. The lowest BCUT2D eigenvalue weighted by atomic mass is 10.2. The van der Waals surface area contributed by atoms with Gasteiger partial charge in [-0.05, 0) is 48.2 Å². The van der Waals surface area contributed by atoms with Crippen LogP contribution in [-0.4, -0.2) is 20.0 Å². The molecule has 2 aromatic heterocycles. The van der Waals surface area contributed by atoms with Crippen LogP contribution in [0.1, 0.15) is 0 Å². The van der Waals surface area contributed by atoms with Crippen molar-refractivity contribution >= 4 is 17.6 Å². The minimum atomic E-state index is 0.448. The van der Waals surface area contributed by atoms with Crippen LogP contribution in [-0.2, 0) is 0 Å². The van der Waals surface area contributed by atoms with Crippen molar-refractivity contribution in [2.24, 2.45) is 0 Å². The number of nitrogen functional groups attached to an aromatic ring is 1. The number of nitriles is 1. The molecule has 0 unspecified atom stereocenters. The smallest absolute Gasteiger partial charge is 0.155 e. The first-order valence-electron chi connectivity index (χ1n) is 6.07. The Morgan fingerprint density at radius 2 is 2.00 bits per heavy atom. The van der Waals surface area contributed by atoms with Gasteiger partial charge in [-0.2, -0.15) is 9.94 Å². The lowest BCUT2D eigenvalue weighted by Gasteiger charge is -2.04. The predicted octanol–water partition coefficient (Wildman–Crippen LogP) is 2.48. The standard InChI is InChI=1S/C14H10N6S/c15-9-21-12-5-3-11(4-6-12)20-14(16)13(18-19-20)10-2-1-7-17-8-10/h1-8H,16H2. The Kier molecular flexibility index (Phi) is 3.53. The molecule has 0 aliphatic rings. The number of benzene rings is 1. The second-order valence-corrected chi connectivity index (χ2v) is 5.02. The van der Waals surface area contributed by atoms with Gasteiger partial charge < -0.3 is 5.73 Å². The molecular formula is C14H10N6S. The largest absolute Gasteiger partial charge is 0.382 e. The second kappa shape index (κ2) is 5.64. The highest BCUT2D eigenvalue weighted by atomic mass is 32.2. The van der Waals surface area contributed by atoms with Crippen LogP contribution in [0.2, 0.25) is 0 Å². The Morgan fingerprint density at radius 3 is 2.67 bits per heavy atom. The van der Waals surface area contributed by atoms with Gasteiger partial charge in [-0.15, -0.1) is 5.10 Å². The molecular weight excluding hydrogens is 284 g/mol. The van der Waals surface area contributed by atoms with E-state index in [1.54, 1.807) is 17.1 Å². The first-order chi connectivity index (χ1) is 10.3. The summed E-state index contributed by atoms with van der Waals surface area (Å²) in [5.41, 5.74) is 8.32. The maximum absolute atomic E-state index is 8.64. The topological polar surface area (TPSA) is 93.4 Å². The molecule has 0 spiro atoms. The van der Waals surface area contributed by atoms with Crippen molar-refractivity contribution in [3.63, 3.8) is 0 Å². The Balaban J connectivity index is 1.97. The number of thiocyanates is 1. The third-order valence-corrected chi connectivity index (χ3v) is 3.48. The van der Waals surface area contributed by atoms with Gasteiger partial charge >= 0.3 is 0 Å². The van der Waals surface area contributed by atoms with Crippen molar-refractivity contribution in [2.45, 2.75) is 4.90 Å². The molecule has 7 heteroatoms. The summed E-state index contributed by atoms with van der Waals surface area (Å²) in [7, 11) is 0. The minimum absolute atomic E-state index is 0.448. The zero-order valence-corrected chi connectivity index (χ0v) is 11.7. The Morgan fingerprint density at radius 1 is 1.19 bits per heavy atom. The minimum Gasteiger partial charge on any atom is -0.382 e. The highest BCUT2D eigenvalue weighted by Crippen LogP contribution is 2.25. The van der Waals surface area contributed by atoms with Crippen LogP contribution in [0.4, 0.5) is 5.82 Å². The van der Waals surface area contributed by atoms with E-state index in [1.807, 2.05) is 41.8 Å². The van der Waals surface area contributed by atoms with Gasteiger partial charge in [0.2, 0.25) is 0 Å².